The number of nitrogens with zero attached hydrogens (tertiary/aromatic N) is 1. The van der Waals surface area contributed by atoms with E-state index in [1.54, 1.807) is 6.07 Å². The first-order valence-electron chi connectivity index (χ1n) is 12.3. The van der Waals surface area contributed by atoms with Crippen molar-refractivity contribution in [1.29, 1.82) is 0 Å². The molecular formula is C31H38FN3. The van der Waals surface area contributed by atoms with Gasteiger partial charge < -0.3 is 16.0 Å². The van der Waals surface area contributed by atoms with Crippen LogP contribution in [0.2, 0.25) is 0 Å². The Morgan fingerprint density at radius 3 is 2.34 bits per heavy atom. The minimum atomic E-state index is -0.190. The molecule has 1 aliphatic rings. The van der Waals surface area contributed by atoms with E-state index in [0.29, 0.717) is 6.42 Å². The number of likely N-dealkylation sites (tertiary alicyclic amines) is 1. The molecule has 3 nitrogen and oxygen atoms in total. The Hall–Kier alpha value is -3.37. The molecule has 0 bridgehead atoms. The fraction of sp³-hybridized carbons (Fsp3) is 0.290. The van der Waals surface area contributed by atoms with Crippen LogP contribution < -0.4 is 11.1 Å². The summed E-state index contributed by atoms with van der Waals surface area (Å²) in [6.07, 6.45) is 2.87. The molecule has 0 aromatic heterocycles. The number of aryl methyl sites for hydroxylation is 1. The molecule has 3 aromatic carbocycles. The summed E-state index contributed by atoms with van der Waals surface area (Å²) in [6, 6.07) is 25.8. The molecule has 4 rings (SSSR count). The predicted molar refractivity (Wildman–Crippen MR) is 145 cm³/mol. The van der Waals surface area contributed by atoms with Crippen molar-refractivity contribution in [3.05, 3.63) is 131 Å². The third kappa shape index (κ3) is 7.83. The zero-order chi connectivity index (χ0) is 25.2. The molecule has 1 saturated heterocycles. The summed E-state index contributed by atoms with van der Waals surface area (Å²) in [4.78, 5) is 2.32. The smallest absolute Gasteiger partial charge is 0.123 e. The van der Waals surface area contributed by atoms with Crippen molar-refractivity contribution in [2.24, 2.45) is 5.73 Å². The van der Waals surface area contributed by atoms with Crippen LogP contribution in [0.3, 0.4) is 0 Å². The molecule has 0 aliphatic carbocycles. The van der Waals surface area contributed by atoms with E-state index in [4.69, 9.17) is 5.73 Å². The van der Waals surface area contributed by atoms with E-state index < -0.39 is 0 Å². The first kappa shape index (κ1) is 26.2. The number of nitrogens with two attached hydrogens (primary N) is 1. The molecule has 2 atom stereocenters. The lowest BCUT2D eigenvalue weighted by Gasteiger charge is -2.31. The molecule has 4 heteroatoms. The molecule has 35 heavy (non-hydrogen) atoms. The summed E-state index contributed by atoms with van der Waals surface area (Å²) in [5, 5.41) is 3.47. The molecule has 184 valence electrons. The largest absolute Gasteiger partial charge is 0.383 e. The van der Waals surface area contributed by atoms with E-state index >= 15 is 0 Å². The highest BCUT2D eigenvalue weighted by Gasteiger charge is 2.27. The Kier molecular flexibility index (Phi) is 9.68. The first-order valence-corrected chi connectivity index (χ1v) is 12.3. The van der Waals surface area contributed by atoms with E-state index in [1.165, 1.54) is 17.2 Å². The average molecular weight is 472 g/mol. The average Bonchev–Trinajstić information content (AvgIpc) is 3.37. The Morgan fingerprint density at radius 2 is 1.71 bits per heavy atom. The number of benzene rings is 3. The van der Waals surface area contributed by atoms with E-state index in [1.807, 2.05) is 68.4 Å². The fourth-order valence-corrected chi connectivity index (χ4v) is 4.35. The highest BCUT2D eigenvalue weighted by molar-refractivity contribution is 5.30. The number of allylic oxidation sites excluding steroid dienone is 1. The number of hydrogen-bond donors (Lipinski definition) is 2. The third-order valence-corrected chi connectivity index (χ3v) is 6.45. The maximum atomic E-state index is 13.6. The van der Waals surface area contributed by atoms with Gasteiger partial charge in [0.1, 0.15) is 5.82 Å². The summed E-state index contributed by atoms with van der Waals surface area (Å²) in [6.45, 7) is 14.3. The number of hydrogen-bond acceptors (Lipinski definition) is 3. The van der Waals surface area contributed by atoms with Gasteiger partial charge >= 0.3 is 0 Å². The fourth-order valence-electron chi connectivity index (χ4n) is 4.35. The normalized spacial score (nSPS) is 15.7. The lowest BCUT2D eigenvalue weighted by molar-refractivity contribution is 0.337. The van der Waals surface area contributed by atoms with Gasteiger partial charge in [-0.25, -0.2) is 4.39 Å². The van der Waals surface area contributed by atoms with Gasteiger partial charge in [0.25, 0.3) is 0 Å². The molecule has 2 unspecified atom stereocenters. The zero-order valence-electron chi connectivity index (χ0n) is 21.0. The van der Waals surface area contributed by atoms with Crippen molar-refractivity contribution >= 4 is 0 Å². The molecular weight excluding hydrogens is 433 g/mol. The van der Waals surface area contributed by atoms with Crippen molar-refractivity contribution in [2.45, 2.75) is 51.7 Å². The van der Waals surface area contributed by atoms with Crippen LogP contribution in [0, 0.1) is 12.7 Å². The van der Waals surface area contributed by atoms with Gasteiger partial charge in [-0.3, -0.25) is 0 Å². The van der Waals surface area contributed by atoms with Crippen molar-refractivity contribution in [3.8, 4) is 0 Å². The van der Waals surface area contributed by atoms with Gasteiger partial charge in [0.2, 0.25) is 0 Å². The predicted octanol–water partition coefficient (Wildman–Crippen LogP) is 6.66. The van der Waals surface area contributed by atoms with Gasteiger partial charge in [0, 0.05) is 36.9 Å². The highest BCUT2D eigenvalue weighted by Crippen LogP contribution is 2.28. The molecule has 0 radical (unpaired) electrons. The molecule has 1 heterocycles. The van der Waals surface area contributed by atoms with Gasteiger partial charge in [-0.1, -0.05) is 79.9 Å². The maximum Gasteiger partial charge on any atom is 0.123 e. The molecule has 3 aromatic rings. The van der Waals surface area contributed by atoms with E-state index in [2.05, 4.69) is 35.5 Å². The monoisotopic (exact) mass is 471 g/mol. The molecule has 1 fully saturated rings. The highest BCUT2D eigenvalue weighted by atomic mass is 19.1. The number of rotatable bonds is 8. The Morgan fingerprint density at radius 1 is 1.06 bits per heavy atom. The quantitative estimate of drug-likeness (QED) is 0.386. The van der Waals surface area contributed by atoms with Crippen molar-refractivity contribution in [2.75, 3.05) is 6.54 Å². The van der Waals surface area contributed by atoms with Crippen LogP contribution in [0.4, 0.5) is 4.39 Å². The van der Waals surface area contributed by atoms with Gasteiger partial charge in [0.05, 0.1) is 6.04 Å². The van der Waals surface area contributed by atoms with Crippen LogP contribution in [-0.4, -0.2) is 17.5 Å². The SMILES string of the molecule is C=C(NCc1ccccc1)C1CCCN1C(=C)Cc1cc(F)ccc1C.CC(N)c1ccccc1. The standard InChI is InChI=1S/C23H27FN2.C8H11N/c1-17-11-12-22(24)15-21(17)14-18(2)26-13-7-10-23(26)19(3)25-16-20-8-5-4-6-9-20;1-7(9)8-5-3-2-4-6-8/h4-6,8-9,11-12,15,23,25H,2-3,7,10,13-14,16H2,1H3;2-7H,9H2,1H3. The van der Waals surface area contributed by atoms with Gasteiger partial charge in [-0.15, -0.1) is 0 Å². The van der Waals surface area contributed by atoms with Crippen molar-refractivity contribution in [3.63, 3.8) is 0 Å². The summed E-state index contributed by atoms with van der Waals surface area (Å²) in [5.74, 6) is -0.190. The van der Waals surface area contributed by atoms with Crippen LogP contribution in [0.1, 0.15) is 48.1 Å². The number of halogens is 1. The zero-order valence-corrected chi connectivity index (χ0v) is 21.0. The van der Waals surface area contributed by atoms with Crippen molar-refractivity contribution in [1.82, 2.24) is 10.2 Å². The Balaban J connectivity index is 0.000000320. The topological polar surface area (TPSA) is 41.3 Å². The minimum absolute atomic E-state index is 0.159. The van der Waals surface area contributed by atoms with Crippen molar-refractivity contribution < 1.29 is 4.39 Å². The number of nitrogens with one attached hydrogen (secondary N) is 1. The first-order chi connectivity index (χ1) is 16.8. The summed E-state index contributed by atoms with van der Waals surface area (Å²) in [5.41, 5.74) is 12.2. The molecule has 1 aliphatic heterocycles. The molecule has 0 spiro atoms. The van der Waals surface area contributed by atoms with E-state index in [-0.39, 0.29) is 17.9 Å². The lowest BCUT2D eigenvalue weighted by Crippen LogP contribution is -2.35. The second-order valence-electron chi connectivity index (χ2n) is 9.23. The lowest BCUT2D eigenvalue weighted by atomic mass is 10.0. The second-order valence-corrected chi connectivity index (χ2v) is 9.23. The Bertz CT molecular complexity index is 1090. The molecule has 0 saturated carbocycles. The molecule has 3 N–H and O–H groups in total. The van der Waals surface area contributed by atoms with Crippen LogP contribution in [0.25, 0.3) is 0 Å². The van der Waals surface area contributed by atoms with E-state index in [0.717, 1.165) is 48.5 Å². The van der Waals surface area contributed by atoms with Crippen LogP contribution in [0.5, 0.6) is 0 Å². The van der Waals surface area contributed by atoms with Gasteiger partial charge in [-0.2, -0.15) is 0 Å². The van der Waals surface area contributed by atoms with Gasteiger partial charge in [-0.05, 0) is 61.1 Å². The summed E-state index contributed by atoms with van der Waals surface area (Å²) < 4.78 is 13.6. The summed E-state index contributed by atoms with van der Waals surface area (Å²) in [7, 11) is 0. The molecule has 0 amide bonds. The van der Waals surface area contributed by atoms with Gasteiger partial charge in [0.15, 0.2) is 0 Å². The van der Waals surface area contributed by atoms with Crippen LogP contribution in [0.15, 0.2) is 103 Å². The Labute approximate surface area is 210 Å². The summed E-state index contributed by atoms with van der Waals surface area (Å²) >= 11 is 0. The van der Waals surface area contributed by atoms with E-state index in [9.17, 15) is 4.39 Å². The maximum absolute atomic E-state index is 13.6. The second kappa shape index (κ2) is 12.9. The van der Waals surface area contributed by atoms with Crippen LogP contribution >= 0.6 is 0 Å². The minimum Gasteiger partial charge on any atom is -0.383 e. The third-order valence-electron chi connectivity index (χ3n) is 6.45. The van der Waals surface area contributed by atoms with Crippen LogP contribution in [-0.2, 0) is 13.0 Å².